The van der Waals surface area contributed by atoms with Crippen molar-refractivity contribution in [3.05, 3.63) is 11.6 Å². The number of aliphatic hydroxyl groups excluding tert-OH is 1. The van der Waals surface area contributed by atoms with E-state index in [9.17, 15) is 23.8 Å². The number of phosphoric acid groups is 1. The molecule has 90 valence electrons. The van der Waals surface area contributed by atoms with Crippen LogP contribution in [0.15, 0.2) is 11.6 Å². The van der Waals surface area contributed by atoms with Crippen LogP contribution < -0.4 is 103 Å². The molecule has 0 aromatic carbocycles. The van der Waals surface area contributed by atoms with Crippen molar-refractivity contribution in [1.29, 1.82) is 0 Å². The Bertz CT molecular complexity index is 333. The Morgan fingerprint density at radius 2 is 1.72 bits per heavy atom. The van der Waals surface area contributed by atoms with Crippen molar-refractivity contribution in [2.24, 2.45) is 0 Å². The Morgan fingerprint density at radius 1 is 1.28 bits per heavy atom. The first-order valence-corrected chi connectivity index (χ1v) is 8.21. The Hall–Kier alpha value is 3.35. The van der Waals surface area contributed by atoms with Gasteiger partial charge in [0.15, 0.2) is 6.80 Å². The van der Waals surface area contributed by atoms with Crippen molar-refractivity contribution in [2.45, 2.75) is 6.92 Å². The molecular weight excluding hydrogens is 335 g/mol. The van der Waals surface area contributed by atoms with Crippen LogP contribution in [0.25, 0.3) is 0 Å². The predicted octanol–water partition coefficient (Wildman–Crippen LogP) is -10.0. The van der Waals surface area contributed by atoms with Crippen LogP contribution in [-0.4, -0.2) is 17.5 Å². The summed E-state index contributed by atoms with van der Waals surface area (Å²) in [6.45, 7) is -3.40. The molecule has 0 aliphatic rings. The first-order chi connectivity index (χ1) is 6.66. The third-order valence-electron chi connectivity index (χ3n) is 1.11. The first-order valence-electron chi connectivity index (χ1n) is 3.62. The van der Waals surface area contributed by atoms with Gasteiger partial charge in [-0.25, -0.2) is 0 Å². The zero-order valence-corrected chi connectivity index (χ0v) is 19.3. The molecule has 1 atom stereocenters. The molecule has 0 spiro atoms. The maximum atomic E-state index is 10.8. The SMILES string of the molecule is C/C(=C\CSP(=O)([O-])OP(=O)([O-])[O-])CO.[Na+].[Na+].[Na+]. The average Bonchev–Trinajstić information content (AvgIpc) is 1.98. The Balaban J connectivity index is -0.000000327. The summed E-state index contributed by atoms with van der Waals surface area (Å²) in [7, 11) is -5.52. The molecule has 1 N–H and O–H groups in total. The third-order valence-corrected chi connectivity index (χ3v) is 5.34. The molecule has 0 saturated heterocycles. The third kappa shape index (κ3) is 19.4. The Labute approximate surface area is 176 Å². The maximum Gasteiger partial charge on any atom is 1.00 e. The molecule has 7 nitrogen and oxygen atoms in total. The summed E-state index contributed by atoms with van der Waals surface area (Å²) in [5.41, 5.74) is 0.523. The monoisotopic (exact) mass is 344 g/mol. The minimum Gasteiger partial charge on any atom is -0.790 e. The van der Waals surface area contributed by atoms with E-state index in [1.807, 2.05) is 0 Å². The first kappa shape index (κ1) is 29.4. The fourth-order valence-electron chi connectivity index (χ4n) is 0.481. The van der Waals surface area contributed by atoms with Gasteiger partial charge in [0.05, 0.1) is 14.4 Å². The molecule has 0 rings (SSSR count). The minimum absolute atomic E-state index is 0. The predicted molar refractivity (Wildman–Crippen MR) is 49.6 cm³/mol. The van der Waals surface area contributed by atoms with Crippen LogP contribution in [0.4, 0.5) is 0 Å². The van der Waals surface area contributed by atoms with Crippen LogP contribution >= 0.6 is 26.0 Å². The van der Waals surface area contributed by atoms with Gasteiger partial charge in [0.25, 0.3) is 0 Å². The quantitative estimate of drug-likeness (QED) is 0.285. The van der Waals surface area contributed by atoms with Gasteiger partial charge in [0, 0.05) is 5.75 Å². The van der Waals surface area contributed by atoms with E-state index < -0.39 is 14.6 Å². The number of rotatable bonds is 6. The standard InChI is InChI=1S/C5H12O7P2S.3Na/c1-5(4-6)2-3-15-14(10,11)12-13(7,8)9;;;/h2,6H,3-4H2,1H3,(H,10,11)(H2,7,8,9);;;/q;3*+1/p-3/b5-2+;;;. The van der Waals surface area contributed by atoms with Crippen molar-refractivity contribution in [3.63, 3.8) is 0 Å². The smallest absolute Gasteiger partial charge is 0.790 e. The van der Waals surface area contributed by atoms with Crippen molar-refractivity contribution < 1.29 is 122 Å². The summed E-state index contributed by atoms with van der Waals surface area (Å²) in [5.74, 6) is -0.104. The topological polar surface area (TPSA) is 133 Å². The van der Waals surface area contributed by atoms with Gasteiger partial charge in [-0.05, 0) is 6.92 Å². The molecule has 0 radical (unpaired) electrons. The molecule has 0 saturated carbocycles. The molecule has 0 aliphatic heterocycles. The number of aliphatic hydroxyl groups is 1. The second-order valence-electron chi connectivity index (χ2n) is 2.48. The molecule has 0 aromatic heterocycles. The van der Waals surface area contributed by atoms with E-state index in [1.54, 1.807) is 6.92 Å². The summed E-state index contributed by atoms with van der Waals surface area (Å²) < 4.78 is 24.2. The van der Waals surface area contributed by atoms with Crippen molar-refractivity contribution in [3.8, 4) is 0 Å². The molecule has 0 aliphatic carbocycles. The van der Waals surface area contributed by atoms with E-state index in [-0.39, 0.29) is 112 Å². The molecular formula is C5H9Na3O7P2S. The molecule has 0 fully saturated rings. The van der Waals surface area contributed by atoms with E-state index in [1.165, 1.54) is 6.08 Å². The van der Waals surface area contributed by atoms with Gasteiger partial charge >= 0.3 is 88.7 Å². The minimum atomic E-state index is -5.52. The molecule has 0 bridgehead atoms. The van der Waals surface area contributed by atoms with Crippen LogP contribution in [-0.2, 0) is 13.4 Å². The molecule has 13 heteroatoms. The fraction of sp³-hybridized carbons (Fsp3) is 0.600. The van der Waals surface area contributed by atoms with Crippen LogP contribution in [0.1, 0.15) is 6.92 Å². The van der Waals surface area contributed by atoms with E-state index in [2.05, 4.69) is 4.31 Å². The van der Waals surface area contributed by atoms with Crippen LogP contribution in [0, 0.1) is 0 Å². The van der Waals surface area contributed by atoms with Crippen LogP contribution in [0.3, 0.4) is 0 Å². The van der Waals surface area contributed by atoms with Gasteiger partial charge in [-0.2, -0.15) is 0 Å². The molecule has 1 unspecified atom stereocenters. The van der Waals surface area contributed by atoms with Gasteiger partial charge in [0.2, 0.25) is 0 Å². The van der Waals surface area contributed by atoms with E-state index >= 15 is 0 Å². The van der Waals surface area contributed by atoms with E-state index in [4.69, 9.17) is 5.11 Å². The average molecular weight is 344 g/mol. The summed E-state index contributed by atoms with van der Waals surface area (Å²) in [6, 6.07) is 0. The summed E-state index contributed by atoms with van der Waals surface area (Å²) in [4.78, 5) is 30.8. The van der Waals surface area contributed by atoms with Crippen LogP contribution in [0.2, 0.25) is 0 Å². The Morgan fingerprint density at radius 3 is 2.06 bits per heavy atom. The van der Waals surface area contributed by atoms with Crippen molar-refractivity contribution in [2.75, 3.05) is 12.4 Å². The molecule has 0 heterocycles. The van der Waals surface area contributed by atoms with Crippen molar-refractivity contribution in [1.82, 2.24) is 0 Å². The molecule has 18 heavy (non-hydrogen) atoms. The molecule has 0 amide bonds. The fourth-order valence-corrected chi connectivity index (χ4v) is 4.12. The van der Waals surface area contributed by atoms with Gasteiger partial charge in [0.1, 0.15) is 0 Å². The number of hydrogen-bond acceptors (Lipinski definition) is 8. The largest absolute Gasteiger partial charge is 1.00 e. The van der Waals surface area contributed by atoms with Gasteiger partial charge < -0.3 is 24.4 Å². The van der Waals surface area contributed by atoms with Crippen molar-refractivity contribution >= 4 is 26.0 Å². The van der Waals surface area contributed by atoms with Gasteiger partial charge in [-0.3, -0.25) is 8.88 Å². The summed E-state index contributed by atoms with van der Waals surface area (Å²) in [5, 5.41) is 8.55. The molecule has 0 aromatic rings. The number of hydrogen-bond donors (Lipinski definition) is 1. The normalized spacial score (nSPS) is 14.6. The second-order valence-corrected chi connectivity index (χ2v) is 7.63. The summed E-state index contributed by atoms with van der Waals surface area (Å²) in [6.07, 6.45) is 1.37. The van der Waals surface area contributed by atoms with Gasteiger partial charge in [-0.15, -0.1) is 0 Å². The summed E-state index contributed by atoms with van der Waals surface area (Å²) >= 11 is 0.167. The van der Waals surface area contributed by atoms with Crippen LogP contribution in [0.5, 0.6) is 0 Å². The maximum absolute atomic E-state index is 10.8. The zero-order chi connectivity index (χ0) is 12.1. The van der Waals surface area contributed by atoms with Gasteiger partial charge in [-0.1, -0.05) is 23.0 Å². The van der Waals surface area contributed by atoms with E-state index in [0.717, 1.165) is 0 Å². The van der Waals surface area contributed by atoms with E-state index in [0.29, 0.717) is 5.57 Å². The zero-order valence-electron chi connectivity index (χ0n) is 10.7. The second kappa shape index (κ2) is 14.0. The Kier molecular flexibility index (Phi) is 22.8.